The van der Waals surface area contributed by atoms with Gasteiger partial charge in [-0.3, -0.25) is 25.1 Å². The first-order chi connectivity index (χ1) is 14.1. The first-order valence-electron chi connectivity index (χ1n) is 9.03. The summed E-state index contributed by atoms with van der Waals surface area (Å²) in [5.74, 6) is -0.883. The van der Waals surface area contributed by atoms with Crippen molar-refractivity contribution in [3.05, 3.63) is 69.3 Å². The predicted molar refractivity (Wildman–Crippen MR) is 105 cm³/mol. The fraction of sp³-hybridized carbons (Fsp3) is 0.250. The van der Waals surface area contributed by atoms with Gasteiger partial charge in [0.2, 0.25) is 0 Å². The summed E-state index contributed by atoms with van der Waals surface area (Å²) in [6.07, 6.45) is 0. The third kappa shape index (κ3) is 3.79. The second-order valence-corrected chi connectivity index (χ2v) is 7.02. The lowest BCUT2D eigenvalue weighted by molar-refractivity contribution is -0.384. The SMILES string of the molecule is Cc1cccc(OCC(=O)NN2C(=O)N[C@@](C)(c3ccc([N+](=O)[O-])cc3)C2=O)c1C. The van der Waals surface area contributed by atoms with Crippen LogP contribution in [0.4, 0.5) is 10.5 Å². The Labute approximate surface area is 171 Å². The number of hydrogen-bond acceptors (Lipinski definition) is 6. The third-order valence-electron chi connectivity index (χ3n) is 5.00. The molecule has 3 rings (SSSR count). The number of carbonyl (C=O) groups excluding carboxylic acids is 3. The Morgan fingerprint density at radius 1 is 1.20 bits per heavy atom. The highest BCUT2D eigenvalue weighted by molar-refractivity contribution is 6.08. The average molecular weight is 412 g/mol. The molecule has 156 valence electrons. The van der Waals surface area contributed by atoms with E-state index in [9.17, 15) is 24.5 Å². The van der Waals surface area contributed by atoms with Crippen LogP contribution < -0.4 is 15.5 Å². The zero-order chi connectivity index (χ0) is 22.1. The van der Waals surface area contributed by atoms with Crippen molar-refractivity contribution < 1.29 is 24.0 Å². The molecule has 0 unspecified atom stereocenters. The molecule has 0 aromatic heterocycles. The highest BCUT2D eigenvalue weighted by Gasteiger charge is 2.50. The summed E-state index contributed by atoms with van der Waals surface area (Å²) in [4.78, 5) is 47.6. The van der Waals surface area contributed by atoms with Crippen LogP contribution in [0.2, 0.25) is 0 Å². The van der Waals surface area contributed by atoms with Crippen LogP contribution in [0.1, 0.15) is 23.6 Å². The summed E-state index contributed by atoms with van der Waals surface area (Å²) in [5, 5.41) is 13.9. The van der Waals surface area contributed by atoms with E-state index in [1.54, 1.807) is 12.1 Å². The van der Waals surface area contributed by atoms with E-state index in [-0.39, 0.29) is 5.69 Å². The molecule has 0 aliphatic carbocycles. The number of aryl methyl sites for hydroxylation is 1. The first kappa shape index (κ1) is 20.8. The van der Waals surface area contributed by atoms with Crippen LogP contribution in [0.25, 0.3) is 0 Å². The molecular weight excluding hydrogens is 392 g/mol. The summed E-state index contributed by atoms with van der Waals surface area (Å²) < 4.78 is 5.49. The maximum Gasteiger partial charge on any atom is 0.344 e. The molecule has 0 radical (unpaired) electrons. The second kappa shape index (κ2) is 7.82. The lowest BCUT2D eigenvalue weighted by Crippen LogP contribution is -2.49. The van der Waals surface area contributed by atoms with Gasteiger partial charge < -0.3 is 10.1 Å². The highest BCUT2D eigenvalue weighted by atomic mass is 16.6. The van der Waals surface area contributed by atoms with Crippen molar-refractivity contribution in [1.82, 2.24) is 15.8 Å². The van der Waals surface area contributed by atoms with Crippen LogP contribution in [0, 0.1) is 24.0 Å². The molecule has 0 spiro atoms. The van der Waals surface area contributed by atoms with Crippen molar-refractivity contribution in [2.45, 2.75) is 26.3 Å². The van der Waals surface area contributed by atoms with Crippen molar-refractivity contribution >= 4 is 23.5 Å². The second-order valence-electron chi connectivity index (χ2n) is 7.02. The molecular formula is C20H20N4O6. The minimum atomic E-state index is -1.48. The molecule has 1 saturated heterocycles. The summed E-state index contributed by atoms with van der Waals surface area (Å²) in [6.45, 7) is 4.83. The van der Waals surface area contributed by atoms with Gasteiger partial charge in [-0.15, -0.1) is 0 Å². The minimum absolute atomic E-state index is 0.145. The monoisotopic (exact) mass is 412 g/mol. The Kier molecular flexibility index (Phi) is 5.41. The molecule has 0 saturated carbocycles. The molecule has 1 aliphatic heterocycles. The lowest BCUT2D eigenvalue weighted by atomic mass is 9.92. The Hall–Kier alpha value is -3.95. The number of benzene rings is 2. The lowest BCUT2D eigenvalue weighted by Gasteiger charge is -2.22. The van der Waals surface area contributed by atoms with E-state index in [0.29, 0.717) is 16.3 Å². The van der Waals surface area contributed by atoms with Gasteiger partial charge in [0.1, 0.15) is 11.3 Å². The number of ether oxygens (including phenoxy) is 1. The van der Waals surface area contributed by atoms with Gasteiger partial charge in [-0.25, -0.2) is 4.79 Å². The summed E-state index contributed by atoms with van der Waals surface area (Å²) in [6, 6.07) is 9.84. The number of hydrogen-bond donors (Lipinski definition) is 2. The average Bonchev–Trinajstić information content (AvgIpc) is 2.93. The Bertz CT molecular complexity index is 1040. The molecule has 2 aromatic carbocycles. The Balaban J connectivity index is 1.69. The van der Waals surface area contributed by atoms with Crippen molar-refractivity contribution in [3.8, 4) is 5.75 Å². The van der Waals surface area contributed by atoms with Gasteiger partial charge in [-0.05, 0) is 55.7 Å². The predicted octanol–water partition coefficient (Wildman–Crippen LogP) is 2.09. The normalized spacial score (nSPS) is 18.2. The molecule has 1 aliphatic rings. The standard InChI is InChI=1S/C20H20N4O6/c1-12-5-4-6-16(13(12)2)30-11-17(25)22-23-18(26)20(3,21-19(23)27)14-7-9-15(10-8-14)24(28)29/h4-10H,11H2,1-3H3,(H,21,27)(H,22,25)/t20-/m0/s1. The van der Waals surface area contributed by atoms with Gasteiger partial charge in [-0.2, -0.15) is 5.01 Å². The van der Waals surface area contributed by atoms with Crippen LogP contribution in [0.3, 0.4) is 0 Å². The molecule has 0 bridgehead atoms. The van der Waals surface area contributed by atoms with E-state index in [2.05, 4.69) is 10.7 Å². The number of non-ortho nitro benzene ring substituents is 1. The number of urea groups is 1. The first-order valence-corrected chi connectivity index (χ1v) is 9.03. The van der Waals surface area contributed by atoms with E-state index >= 15 is 0 Å². The minimum Gasteiger partial charge on any atom is -0.483 e. The number of nitro groups is 1. The van der Waals surface area contributed by atoms with Gasteiger partial charge in [0.05, 0.1) is 4.92 Å². The van der Waals surface area contributed by atoms with Gasteiger partial charge in [0.25, 0.3) is 17.5 Å². The number of nitrogens with zero attached hydrogens (tertiary/aromatic N) is 2. The van der Waals surface area contributed by atoms with E-state index in [1.807, 2.05) is 19.9 Å². The number of nitrogens with one attached hydrogen (secondary N) is 2. The molecule has 1 atom stereocenters. The largest absolute Gasteiger partial charge is 0.483 e. The number of rotatable bonds is 6. The summed E-state index contributed by atoms with van der Waals surface area (Å²) >= 11 is 0. The molecule has 10 nitrogen and oxygen atoms in total. The van der Waals surface area contributed by atoms with E-state index < -0.39 is 34.9 Å². The van der Waals surface area contributed by atoms with Crippen LogP contribution >= 0.6 is 0 Å². The van der Waals surface area contributed by atoms with Gasteiger partial charge >= 0.3 is 6.03 Å². The molecule has 2 N–H and O–H groups in total. The number of carbonyl (C=O) groups is 3. The van der Waals surface area contributed by atoms with E-state index in [0.717, 1.165) is 11.1 Å². The molecule has 1 fully saturated rings. The molecule has 2 aromatic rings. The molecule has 10 heteroatoms. The van der Waals surface area contributed by atoms with Crippen LogP contribution in [-0.4, -0.2) is 34.4 Å². The number of imide groups is 1. The maximum atomic E-state index is 12.8. The van der Waals surface area contributed by atoms with Gasteiger partial charge in [0.15, 0.2) is 6.61 Å². The highest BCUT2D eigenvalue weighted by Crippen LogP contribution is 2.29. The quantitative estimate of drug-likeness (QED) is 0.424. The fourth-order valence-corrected chi connectivity index (χ4v) is 3.03. The van der Waals surface area contributed by atoms with Crippen LogP contribution in [-0.2, 0) is 15.1 Å². The van der Waals surface area contributed by atoms with E-state index in [4.69, 9.17) is 4.74 Å². The molecule has 4 amide bonds. The van der Waals surface area contributed by atoms with Crippen molar-refractivity contribution in [3.63, 3.8) is 0 Å². The topological polar surface area (TPSA) is 131 Å². The number of nitro benzene ring substituents is 1. The van der Waals surface area contributed by atoms with E-state index in [1.165, 1.54) is 31.2 Å². The van der Waals surface area contributed by atoms with Crippen LogP contribution in [0.5, 0.6) is 5.75 Å². The van der Waals surface area contributed by atoms with Gasteiger partial charge in [0, 0.05) is 12.1 Å². The number of hydrazine groups is 1. The fourth-order valence-electron chi connectivity index (χ4n) is 3.03. The number of amides is 4. The van der Waals surface area contributed by atoms with Crippen molar-refractivity contribution in [2.24, 2.45) is 0 Å². The summed E-state index contributed by atoms with van der Waals surface area (Å²) in [5.41, 5.74) is 2.84. The summed E-state index contributed by atoms with van der Waals surface area (Å²) in [7, 11) is 0. The van der Waals surface area contributed by atoms with Crippen molar-refractivity contribution in [1.29, 1.82) is 0 Å². The molecule has 30 heavy (non-hydrogen) atoms. The van der Waals surface area contributed by atoms with Crippen molar-refractivity contribution in [2.75, 3.05) is 6.61 Å². The van der Waals surface area contributed by atoms with Crippen LogP contribution in [0.15, 0.2) is 42.5 Å². The molecule has 1 heterocycles. The zero-order valence-corrected chi connectivity index (χ0v) is 16.6. The Morgan fingerprint density at radius 2 is 1.87 bits per heavy atom. The van der Waals surface area contributed by atoms with Gasteiger partial charge in [-0.1, -0.05) is 12.1 Å². The smallest absolute Gasteiger partial charge is 0.344 e. The third-order valence-corrected chi connectivity index (χ3v) is 5.00. The zero-order valence-electron chi connectivity index (χ0n) is 16.6. The maximum absolute atomic E-state index is 12.8. The Morgan fingerprint density at radius 3 is 2.50 bits per heavy atom.